The summed E-state index contributed by atoms with van der Waals surface area (Å²) in [5.74, 6) is 5.34. The number of rotatable bonds is 4. The first-order valence-electron chi connectivity index (χ1n) is 6.65. The van der Waals surface area contributed by atoms with E-state index in [-0.39, 0.29) is 16.9 Å². The monoisotopic (exact) mass is 298 g/mol. The van der Waals surface area contributed by atoms with Crippen molar-refractivity contribution in [3.05, 3.63) is 12.4 Å². The zero-order valence-electron chi connectivity index (χ0n) is 11.0. The van der Waals surface area contributed by atoms with E-state index in [9.17, 15) is 8.42 Å². The highest BCUT2D eigenvalue weighted by molar-refractivity contribution is 7.89. The van der Waals surface area contributed by atoms with Crippen LogP contribution >= 0.6 is 0 Å². The summed E-state index contributed by atoms with van der Waals surface area (Å²) in [6.07, 6.45) is 5.56. The Morgan fingerprint density at radius 3 is 2.70 bits per heavy atom. The lowest BCUT2D eigenvalue weighted by Crippen LogP contribution is -2.42. The Morgan fingerprint density at radius 2 is 2.00 bits per heavy atom. The maximum Gasteiger partial charge on any atom is 0.243 e. The molecule has 2 aliphatic rings. The van der Waals surface area contributed by atoms with Crippen molar-refractivity contribution in [2.75, 3.05) is 18.5 Å². The zero-order chi connectivity index (χ0) is 14.2. The van der Waals surface area contributed by atoms with E-state index in [1.54, 1.807) is 0 Å². The van der Waals surface area contributed by atoms with Crippen LogP contribution in [0, 0.1) is 0 Å². The number of aromatic nitrogens is 2. The Kier molecular flexibility index (Phi) is 3.59. The van der Waals surface area contributed by atoms with Crippen molar-refractivity contribution in [2.24, 2.45) is 5.84 Å². The van der Waals surface area contributed by atoms with Crippen LogP contribution in [0.1, 0.15) is 19.3 Å². The van der Waals surface area contributed by atoms with Crippen LogP contribution in [-0.2, 0) is 10.0 Å². The topological polar surface area (TPSA) is 113 Å². The molecule has 1 aromatic heterocycles. The first-order valence-corrected chi connectivity index (χ1v) is 8.13. The molecule has 20 heavy (non-hydrogen) atoms. The molecule has 2 saturated heterocycles. The maximum atomic E-state index is 12.3. The molecule has 110 valence electrons. The van der Waals surface area contributed by atoms with Crippen molar-refractivity contribution < 1.29 is 8.42 Å². The number of hydrazine groups is 1. The summed E-state index contributed by atoms with van der Waals surface area (Å²) in [4.78, 5) is 10.1. The molecular formula is C11H18N6O2S. The van der Waals surface area contributed by atoms with Crippen molar-refractivity contribution in [3.63, 3.8) is 0 Å². The highest BCUT2D eigenvalue weighted by Crippen LogP contribution is 2.28. The average Bonchev–Trinajstić information content (AvgIpc) is 3.04. The molecule has 8 nitrogen and oxygen atoms in total. The molecule has 0 radical (unpaired) electrons. The normalized spacial score (nSPS) is 26.6. The first kappa shape index (κ1) is 13.7. The van der Waals surface area contributed by atoms with E-state index in [0.717, 1.165) is 32.4 Å². The fourth-order valence-electron chi connectivity index (χ4n) is 3.02. The smallest absolute Gasteiger partial charge is 0.243 e. The summed E-state index contributed by atoms with van der Waals surface area (Å²) < 4.78 is 27.4. The predicted octanol–water partition coefficient (Wildman–Crippen LogP) is -0.723. The second kappa shape index (κ2) is 5.24. The number of nitrogens with one attached hydrogen (secondary N) is 2. The van der Waals surface area contributed by atoms with Crippen molar-refractivity contribution in [2.45, 2.75) is 36.2 Å². The van der Waals surface area contributed by atoms with Gasteiger partial charge in [0.1, 0.15) is 4.90 Å². The van der Waals surface area contributed by atoms with E-state index in [1.165, 1.54) is 12.4 Å². The molecule has 3 heterocycles. The van der Waals surface area contributed by atoms with Crippen LogP contribution in [0.3, 0.4) is 0 Å². The van der Waals surface area contributed by atoms with Crippen molar-refractivity contribution in [1.29, 1.82) is 0 Å². The van der Waals surface area contributed by atoms with Crippen LogP contribution in [0.25, 0.3) is 0 Å². The molecule has 2 fully saturated rings. The number of anilines is 1. The molecule has 2 aliphatic heterocycles. The molecule has 0 amide bonds. The number of nitrogens with zero attached hydrogens (tertiary/aromatic N) is 3. The molecule has 0 aromatic carbocycles. The van der Waals surface area contributed by atoms with E-state index in [2.05, 4.69) is 25.0 Å². The Balaban J connectivity index is 1.74. The summed E-state index contributed by atoms with van der Waals surface area (Å²) >= 11 is 0. The number of nitrogens with two attached hydrogens (primary N) is 1. The third-order valence-electron chi connectivity index (χ3n) is 3.98. The molecule has 0 bridgehead atoms. The van der Waals surface area contributed by atoms with Gasteiger partial charge in [-0.25, -0.2) is 29.0 Å². The molecule has 0 spiro atoms. The highest BCUT2D eigenvalue weighted by Gasteiger charge is 2.39. The molecule has 1 aromatic rings. The molecule has 4 N–H and O–H groups in total. The fourth-order valence-corrected chi connectivity index (χ4v) is 4.21. The van der Waals surface area contributed by atoms with Crippen molar-refractivity contribution in [1.82, 2.24) is 19.6 Å². The molecule has 0 aliphatic carbocycles. The summed E-state index contributed by atoms with van der Waals surface area (Å²) in [7, 11) is -3.58. The van der Waals surface area contributed by atoms with Gasteiger partial charge in [-0.15, -0.1) is 0 Å². The Labute approximate surface area is 117 Å². The average molecular weight is 298 g/mol. The summed E-state index contributed by atoms with van der Waals surface area (Å²) in [5, 5.41) is 0. The van der Waals surface area contributed by atoms with E-state index < -0.39 is 10.0 Å². The van der Waals surface area contributed by atoms with Crippen LogP contribution in [0.15, 0.2) is 17.3 Å². The van der Waals surface area contributed by atoms with Crippen LogP contribution in [-0.4, -0.2) is 48.5 Å². The largest absolute Gasteiger partial charge is 0.299 e. The number of hydrogen-bond donors (Lipinski definition) is 3. The van der Waals surface area contributed by atoms with Gasteiger partial charge in [0.05, 0.1) is 12.4 Å². The van der Waals surface area contributed by atoms with Crippen molar-refractivity contribution in [3.8, 4) is 0 Å². The van der Waals surface area contributed by atoms with Gasteiger partial charge in [-0.1, -0.05) is 0 Å². The fraction of sp³-hybridized carbons (Fsp3) is 0.636. The minimum Gasteiger partial charge on any atom is -0.299 e. The van der Waals surface area contributed by atoms with Gasteiger partial charge < -0.3 is 0 Å². The third kappa shape index (κ3) is 2.49. The van der Waals surface area contributed by atoms with Gasteiger partial charge in [0.15, 0.2) is 0 Å². The number of hydrogen-bond acceptors (Lipinski definition) is 7. The van der Waals surface area contributed by atoms with Gasteiger partial charge in [0, 0.05) is 18.6 Å². The summed E-state index contributed by atoms with van der Waals surface area (Å²) in [5.41, 5.74) is 2.26. The minimum atomic E-state index is -3.58. The van der Waals surface area contributed by atoms with E-state index in [0.29, 0.717) is 6.04 Å². The Morgan fingerprint density at radius 1 is 1.25 bits per heavy atom. The lowest BCUT2D eigenvalue weighted by Gasteiger charge is -2.21. The maximum absolute atomic E-state index is 12.3. The molecule has 0 saturated carbocycles. The second-order valence-electron chi connectivity index (χ2n) is 5.15. The summed E-state index contributed by atoms with van der Waals surface area (Å²) in [6, 6.07) is 0.311. The molecule has 3 rings (SSSR count). The Hall–Kier alpha value is -1.29. The lowest BCUT2D eigenvalue weighted by molar-refractivity contribution is 0.309. The van der Waals surface area contributed by atoms with Crippen molar-refractivity contribution >= 4 is 16.0 Å². The van der Waals surface area contributed by atoms with E-state index in [4.69, 9.17) is 5.84 Å². The first-order chi connectivity index (χ1) is 9.60. The Bertz CT molecular complexity index is 575. The third-order valence-corrected chi connectivity index (χ3v) is 5.42. The second-order valence-corrected chi connectivity index (χ2v) is 6.86. The standard InChI is InChI=1S/C11H18N6O2S/c12-15-11-13-6-8(7-14-11)20(18,19)16-9-3-5-17-4-1-2-10(9)17/h6-7,9-10,16H,1-5,12H2,(H,13,14,15). The van der Waals surface area contributed by atoms with Gasteiger partial charge in [0.2, 0.25) is 16.0 Å². The quantitative estimate of drug-likeness (QED) is 0.496. The predicted molar refractivity (Wildman–Crippen MR) is 73.2 cm³/mol. The number of sulfonamides is 1. The SMILES string of the molecule is NNc1ncc(S(=O)(=O)NC2CCN3CCCC23)cn1. The minimum absolute atomic E-state index is 0.0187. The van der Waals surface area contributed by atoms with Crippen LogP contribution in [0.4, 0.5) is 5.95 Å². The van der Waals surface area contributed by atoms with Gasteiger partial charge in [0.25, 0.3) is 0 Å². The van der Waals surface area contributed by atoms with E-state index in [1.807, 2.05) is 0 Å². The van der Waals surface area contributed by atoms with E-state index >= 15 is 0 Å². The molecular weight excluding hydrogens is 280 g/mol. The van der Waals surface area contributed by atoms with Gasteiger partial charge in [-0.2, -0.15) is 0 Å². The summed E-state index contributed by atoms with van der Waals surface area (Å²) in [6.45, 7) is 2.03. The van der Waals surface area contributed by atoms with Crippen LogP contribution < -0.4 is 16.0 Å². The molecule has 2 atom stereocenters. The highest BCUT2D eigenvalue weighted by atomic mass is 32.2. The van der Waals surface area contributed by atoms with Crippen LogP contribution in [0.2, 0.25) is 0 Å². The lowest BCUT2D eigenvalue weighted by atomic mass is 10.1. The van der Waals surface area contributed by atoms with Gasteiger partial charge in [-0.05, 0) is 25.8 Å². The zero-order valence-corrected chi connectivity index (χ0v) is 11.8. The van der Waals surface area contributed by atoms with Crippen LogP contribution in [0.5, 0.6) is 0 Å². The van der Waals surface area contributed by atoms with Gasteiger partial charge >= 0.3 is 0 Å². The van der Waals surface area contributed by atoms with Gasteiger partial charge in [-0.3, -0.25) is 10.3 Å². The number of nitrogen functional groups attached to an aromatic ring is 1. The molecule has 2 unspecified atom stereocenters. The number of fused-ring (bicyclic) bond motifs is 1. The molecule has 9 heteroatoms.